The summed E-state index contributed by atoms with van der Waals surface area (Å²) in [4.78, 5) is 40.2. The van der Waals surface area contributed by atoms with E-state index in [-0.39, 0.29) is 22.0 Å². The minimum Gasteiger partial charge on any atom is -0.495 e. The summed E-state index contributed by atoms with van der Waals surface area (Å²) in [6, 6.07) is 8.70. The summed E-state index contributed by atoms with van der Waals surface area (Å²) in [6.07, 6.45) is 1.41. The lowest BCUT2D eigenvalue weighted by atomic mass is 10.0. The molecular formula is C22H25N5O5S. The van der Waals surface area contributed by atoms with Crippen molar-refractivity contribution in [1.82, 2.24) is 9.69 Å². The Bertz CT molecular complexity index is 1170. The molecule has 0 fully saturated rings. The number of rotatable bonds is 7. The molecule has 1 atom stereocenters. The van der Waals surface area contributed by atoms with Gasteiger partial charge < -0.3 is 25.9 Å². The van der Waals surface area contributed by atoms with Gasteiger partial charge in [-0.2, -0.15) is 4.37 Å². The molecule has 5 N–H and O–H groups in total. The highest BCUT2D eigenvalue weighted by molar-refractivity contribution is 7.09. The highest BCUT2D eigenvalue weighted by Gasteiger charge is 2.39. The third kappa shape index (κ3) is 4.98. The minimum atomic E-state index is -1.22. The molecule has 174 valence electrons. The lowest BCUT2D eigenvalue weighted by Crippen LogP contribution is -2.49. The van der Waals surface area contributed by atoms with Crippen molar-refractivity contribution in [1.29, 1.82) is 0 Å². The molecule has 3 aromatic rings. The van der Waals surface area contributed by atoms with Crippen LogP contribution in [0.3, 0.4) is 0 Å². The van der Waals surface area contributed by atoms with E-state index in [0.717, 1.165) is 11.5 Å². The van der Waals surface area contributed by atoms with Gasteiger partial charge in [-0.15, -0.1) is 0 Å². The number of hydrogen-bond donors (Lipinski definition) is 3. The number of nitrogens with one attached hydrogen (secondary N) is 1. The van der Waals surface area contributed by atoms with Gasteiger partial charge in [0, 0.05) is 5.54 Å². The van der Waals surface area contributed by atoms with E-state index in [1.165, 1.54) is 18.3 Å². The molecule has 1 aromatic carbocycles. The van der Waals surface area contributed by atoms with Gasteiger partial charge in [0.2, 0.25) is 0 Å². The van der Waals surface area contributed by atoms with Gasteiger partial charge in [0.1, 0.15) is 16.4 Å². The van der Waals surface area contributed by atoms with E-state index in [1.54, 1.807) is 36.4 Å². The van der Waals surface area contributed by atoms with Crippen molar-refractivity contribution in [3.63, 3.8) is 0 Å². The van der Waals surface area contributed by atoms with Crippen LogP contribution in [-0.2, 0) is 4.79 Å². The number of para-hydroxylation sites is 2. The molecule has 0 aliphatic rings. The number of nitrogens with zero attached hydrogens (tertiary/aromatic N) is 2. The Morgan fingerprint density at radius 2 is 1.88 bits per heavy atom. The molecule has 2 aromatic heterocycles. The normalized spacial score (nSPS) is 12.1. The number of primary amides is 1. The van der Waals surface area contributed by atoms with E-state index in [1.807, 2.05) is 20.8 Å². The Kier molecular flexibility index (Phi) is 6.73. The van der Waals surface area contributed by atoms with Crippen LogP contribution in [-0.4, -0.2) is 34.7 Å². The summed E-state index contributed by atoms with van der Waals surface area (Å²) in [5, 5.41) is 2.89. The number of amides is 3. The maximum atomic E-state index is 13.9. The van der Waals surface area contributed by atoms with Crippen molar-refractivity contribution >= 4 is 40.6 Å². The number of ether oxygens (including phenoxy) is 1. The van der Waals surface area contributed by atoms with E-state index < -0.39 is 29.3 Å². The second-order valence-corrected chi connectivity index (χ2v) is 8.92. The predicted octanol–water partition coefficient (Wildman–Crippen LogP) is 2.73. The lowest BCUT2D eigenvalue weighted by molar-refractivity contribution is -0.124. The molecule has 2 heterocycles. The quantitative estimate of drug-likeness (QED) is 0.479. The SMILES string of the molecule is COc1ccccc1N(C(=O)c1snc(C(N)=O)c1N)C(C(=O)NC(C)(C)C)c1ccco1. The summed E-state index contributed by atoms with van der Waals surface area (Å²) >= 11 is 0.718. The molecule has 0 aliphatic carbocycles. The topological polar surface area (TPSA) is 154 Å². The van der Waals surface area contributed by atoms with Crippen LogP contribution >= 0.6 is 11.5 Å². The van der Waals surface area contributed by atoms with Crippen LogP contribution in [0.1, 0.15) is 52.7 Å². The fourth-order valence-electron chi connectivity index (χ4n) is 3.19. The van der Waals surface area contributed by atoms with Crippen LogP contribution in [0.5, 0.6) is 5.75 Å². The van der Waals surface area contributed by atoms with Gasteiger partial charge in [0.15, 0.2) is 11.7 Å². The number of carbonyl (C=O) groups excluding carboxylic acids is 3. The Balaban J connectivity index is 2.23. The summed E-state index contributed by atoms with van der Waals surface area (Å²) < 4.78 is 14.9. The molecule has 11 heteroatoms. The van der Waals surface area contributed by atoms with Crippen molar-refractivity contribution in [3.8, 4) is 5.75 Å². The van der Waals surface area contributed by atoms with Gasteiger partial charge in [0.25, 0.3) is 17.7 Å². The Labute approximate surface area is 194 Å². The summed E-state index contributed by atoms with van der Waals surface area (Å²) in [7, 11) is 1.45. The van der Waals surface area contributed by atoms with E-state index in [9.17, 15) is 14.4 Å². The Hall–Kier alpha value is -3.86. The number of anilines is 2. The third-order valence-corrected chi connectivity index (χ3v) is 5.39. The van der Waals surface area contributed by atoms with E-state index in [2.05, 4.69) is 9.69 Å². The van der Waals surface area contributed by atoms with Crippen LogP contribution in [0.2, 0.25) is 0 Å². The first kappa shape index (κ1) is 23.8. The first-order chi connectivity index (χ1) is 15.5. The predicted molar refractivity (Wildman–Crippen MR) is 124 cm³/mol. The summed E-state index contributed by atoms with van der Waals surface area (Å²) in [5.41, 5.74) is 10.7. The third-order valence-electron chi connectivity index (χ3n) is 4.54. The van der Waals surface area contributed by atoms with E-state index in [4.69, 9.17) is 20.6 Å². The molecule has 3 rings (SSSR count). The highest BCUT2D eigenvalue weighted by Crippen LogP contribution is 2.38. The van der Waals surface area contributed by atoms with Crippen LogP contribution in [0.25, 0.3) is 0 Å². The number of benzene rings is 1. The number of nitrogen functional groups attached to an aromatic ring is 1. The molecule has 0 saturated heterocycles. The summed E-state index contributed by atoms with van der Waals surface area (Å²) in [5.74, 6) is -1.47. The second-order valence-electron chi connectivity index (χ2n) is 8.14. The molecule has 0 bridgehead atoms. The molecule has 0 aliphatic heterocycles. The first-order valence-corrected chi connectivity index (χ1v) is 10.7. The molecule has 33 heavy (non-hydrogen) atoms. The van der Waals surface area contributed by atoms with Crippen LogP contribution in [0.4, 0.5) is 11.4 Å². The van der Waals surface area contributed by atoms with Gasteiger partial charge in [-0.1, -0.05) is 12.1 Å². The van der Waals surface area contributed by atoms with Gasteiger partial charge in [0.05, 0.1) is 24.7 Å². The average molecular weight is 472 g/mol. The zero-order chi connectivity index (χ0) is 24.3. The standard InChI is InChI=1S/C22H25N5O5S/c1-22(2,3)25-20(29)17(14-10-7-11-32-14)27(12-8-5-6-9-13(12)31-4)21(30)18-15(23)16(19(24)28)26-33-18/h5-11,17H,23H2,1-4H3,(H2,24,28)(H,25,29). The van der Waals surface area contributed by atoms with Crippen molar-refractivity contribution in [2.75, 3.05) is 17.7 Å². The zero-order valence-corrected chi connectivity index (χ0v) is 19.4. The lowest BCUT2D eigenvalue weighted by Gasteiger charge is -2.32. The smallest absolute Gasteiger partial charge is 0.273 e. The number of hydrogen-bond acceptors (Lipinski definition) is 8. The van der Waals surface area contributed by atoms with Crippen LogP contribution in [0, 0.1) is 0 Å². The monoisotopic (exact) mass is 471 g/mol. The van der Waals surface area contributed by atoms with Crippen molar-refractivity contribution < 1.29 is 23.5 Å². The second kappa shape index (κ2) is 9.33. The fourth-order valence-corrected chi connectivity index (χ4v) is 3.93. The van der Waals surface area contributed by atoms with Gasteiger partial charge >= 0.3 is 0 Å². The largest absolute Gasteiger partial charge is 0.495 e. The number of carbonyl (C=O) groups is 3. The van der Waals surface area contributed by atoms with Gasteiger partial charge in [-0.05, 0) is 56.6 Å². The fraction of sp³-hybridized carbons (Fsp3) is 0.273. The maximum Gasteiger partial charge on any atom is 0.273 e. The average Bonchev–Trinajstić information content (AvgIpc) is 3.40. The molecule has 0 saturated carbocycles. The molecule has 0 radical (unpaired) electrons. The maximum absolute atomic E-state index is 13.9. The van der Waals surface area contributed by atoms with E-state index in [0.29, 0.717) is 11.4 Å². The van der Waals surface area contributed by atoms with Gasteiger partial charge in [-0.25, -0.2) is 0 Å². The van der Waals surface area contributed by atoms with Gasteiger partial charge in [-0.3, -0.25) is 19.3 Å². The zero-order valence-electron chi connectivity index (χ0n) is 18.6. The van der Waals surface area contributed by atoms with Crippen LogP contribution in [0.15, 0.2) is 47.1 Å². The molecular weight excluding hydrogens is 446 g/mol. The molecule has 1 unspecified atom stereocenters. The van der Waals surface area contributed by atoms with Crippen molar-refractivity contribution in [3.05, 3.63) is 59.0 Å². The first-order valence-electron chi connectivity index (χ1n) is 9.92. The number of aromatic nitrogens is 1. The number of nitrogens with two attached hydrogens (primary N) is 2. The van der Waals surface area contributed by atoms with Crippen LogP contribution < -0.4 is 26.4 Å². The van der Waals surface area contributed by atoms with Crippen molar-refractivity contribution in [2.45, 2.75) is 32.4 Å². The molecule has 0 spiro atoms. The number of methoxy groups -OCH3 is 1. The molecule has 10 nitrogen and oxygen atoms in total. The van der Waals surface area contributed by atoms with E-state index >= 15 is 0 Å². The highest BCUT2D eigenvalue weighted by atomic mass is 32.1. The minimum absolute atomic E-state index is 0.0465. The number of furan rings is 1. The summed E-state index contributed by atoms with van der Waals surface area (Å²) in [6.45, 7) is 5.46. The molecule has 3 amide bonds. The Morgan fingerprint density at radius 1 is 1.18 bits per heavy atom. The Morgan fingerprint density at radius 3 is 2.42 bits per heavy atom. The van der Waals surface area contributed by atoms with Crippen molar-refractivity contribution in [2.24, 2.45) is 5.73 Å².